The van der Waals surface area contributed by atoms with Gasteiger partial charge in [0, 0.05) is 31.5 Å². The number of benzene rings is 1. The van der Waals surface area contributed by atoms with Gasteiger partial charge in [-0.25, -0.2) is 9.97 Å². The predicted molar refractivity (Wildman–Crippen MR) is 78.4 cm³/mol. The van der Waals surface area contributed by atoms with Crippen molar-refractivity contribution in [3.8, 4) is 0 Å². The summed E-state index contributed by atoms with van der Waals surface area (Å²) in [4.78, 5) is 21.6. The molecule has 1 amide bonds. The number of nitrogens with zero attached hydrogens (tertiary/aromatic N) is 3. The lowest BCUT2D eigenvalue weighted by molar-refractivity contribution is -0.117. The van der Waals surface area contributed by atoms with E-state index < -0.39 is 0 Å². The van der Waals surface area contributed by atoms with Crippen LogP contribution in [0.4, 0.5) is 23.0 Å². The van der Waals surface area contributed by atoms with E-state index in [2.05, 4.69) is 20.6 Å². The van der Waals surface area contributed by atoms with Crippen molar-refractivity contribution in [3.63, 3.8) is 0 Å². The number of carbonyl (C=O) groups is 1. The first-order chi connectivity index (χ1) is 9.67. The summed E-state index contributed by atoms with van der Waals surface area (Å²) < 4.78 is 0. The van der Waals surface area contributed by atoms with Gasteiger partial charge >= 0.3 is 0 Å². The Morgan fingerprint density at radius 3 is 2.80 bits per heavy atom. The first kappa shape index (κ1) is 12.4. The van der Waals surface area contributed by atoms with Gasteiger partial charge in [-0.15, -0.1) is 0 Å². The van der Waals surface area contributed by atoms with E-state index in [4.69, 9.17) is 0 Å². The molecule has 1 aliphatic rings. The fourth-order valence-corrected chi connectivity index (χ4v) is 2.26. The Hall–Kier alpha value is -2.63. The first-order valence-electron chi connectivity index (χ1n) is 6.33. The standard InChI is InChI=1S/C14H15N5O/c1-15-12-7-13(17-8-16-12)18-10-3-4-11-9(5-10)6-14(20)19(11)2/h3-5,7-8H,6H2,1-2H3,(H2,15,16,17,18). The molecule has 2 N–H and O–H groups in total. The molecule has 6 heteroatoms. The number of aromatic nitrogens is 2. The summed E-state index contributed by atoms with van der Waals surface area (Å²) in [5.74, 6) is 1.58. The summed E-state index contributed by atoms with van der Waals surface area (Å²) in [6, 6.07) is 7.69. The second-order valence-corrected chi connectivity index (χ2v) is 4.64. The molecule has 0 bridgehead atoms. The van der Waals surface area contributed by atoms with E-state index in [1.54, 1.807) is 11.9 Å². The van der Waals surface area contributed by atoms with Crippen molar-refractivity contribution < 1.29 is 4.79 Å². The molecule has 0 saturated heterocycles. The van der Waals surface area contributed by atoms with E-state index >= 15 is 0 Å². The highest BCUT2D eigenvalue weighted by atomic mass is 16.2. The van der Waals surface area contributed by atoms with Crippen LogP contribution in [0.1, 0.15) is 5.56 Å². The lowest BCUT2D eigenvalue weighted by atomic mass is 10.1. The maximum absolute atomic E-state index is 11.7. The molecule has 0 aliphatic carbocycles. The summed E-state index contributed by atoms with van der Waals surface area (Å²) in [6.45, 7) is 0. The van der Waals surface area contributed by atoms with Gasteiger partial charge < -0.3 is 15.5 Å². The second-order valence-electron chi connectivity index (χ2n) is 4.64. The number of fused-ring (bicyclic) bond motifs is 1. The van der Waals surface area contributed by atoms with Crippen LogP contribution in [0.3, 0.4) is 0 Å². The smallest absolute Gasteiger partial charge is 0.231 e. The van der Waals surface area contributed by atoms with Gasteiger partial charge in [0.15, 0.2) is 0 Å². The van der Waals surface area contributed by atoms with Gasteiger partial charge in [0.05, 0.1) is 6.42 Å². The number of hydrogen-bond acceptors (Lipinski definition) is 5. The van der Waals surface area contributed by atoms with Crippen LogP contribution < -0.4 is 15.5 Å². The molecule has 0 atom stereocenters. The van der Waals surface area contributed by atoms with Crippen molar-refractivity contribution in [2.75, 3.05) is 29.6 Å². The van der Waals surface area contributed by atoms with Gasteiger partial charge in [0.1, 0.15) is 18.0 Å². The molecule has 0 unspecified atom stereocenters. The van der Waals surface area contributed by atoms with Crippen molar-refractivity contribution in [2.45, 2.75) is 6.42 Å². The van der Waals surface area contributed by atoms with Gasteiger partial charge in [-0.05, 0) is 23.8 Å². The number of carbonyl (C=O) groups excluding carboxylic acids is 1. The lowest BCUT2D eigenvalue weighted by Gasteiger charge is -2.11. The molecule has 2 aromatic rings. The highest BCUT2D eigenvalue weighted by Crippen LogP contribution is 2.30. The Labute approximate surface area is 116 Å². The summed E-state index contributed by atoms with van der Waals surface area (Å²) >= 11 is 0. The largest absolute Gasteiger partial charge is 0.373 e. The Morgan fingerprint density at radius 2 is 2.00 bits per heavy atom. The zero-order valence-corrected chi connectivity index (χ0v) is 11.3. The van der Waals surface area contributed by atoms with E-state index in [9.17, 15) is 4.79 Å². The molecule has 20 heavy (non-hydrogen) atoms. The van der Waals surface area contributed by atoms with E-state index in [1.165, 1.54) is 6.33 Å². The molecular formula is C14H15N5O. The molecule has 3 rings (SSSR count). The van der Waals surface area contributed by atoms with E-state index in [0.29, 0.717) is 12.2 Å². The zero-order valence-electron chi connectivity index (χ0n) is 11.3. The molecule has 1 aliphatic heterocycles. The normalized spacial score (nSPS) is 13.3. The fourth-order valence-electron chi connectivity index (χ4n) is 2.26. The molecule has 6 nitrogen and oxygen atoms in total. The minimum absolute atomic E-state index is 0.122. The number of likely N-dealkylation sites (N-methyl/N-ethyl adjacent to an activating group) is 1. The highest BCUT2D eigenvalue weighted by molar-refractivity contribution is 6.01. The Kier molecular flexibility index (Phi) is 2.98. The lowest BCUT2D eigenvalue weighted by Crippen LogP contribution is -2.20. The third-order valence-electron chi connectivity index (χ3n) is 3.35. The molecular weight excluding hydrogens is 254 g/mol. The molecule has 0 saturated carbocycles. The molecule has 1 aromatic carbocycles. The van der Waals surface area contributed by atoms with Gasteiger partial charge in [-0.2, -0.15) is 0 Å². The fraction of sp³-hybridized carbons (Fsp3) is 0.214. The van der Waals surface area contributed by atoms with Crippen LogP contribution >= 0.6 is 0 Å². The number of amides is 1. The van der Waals surface area contributed by atoms with E-state index in [1.807, 2.05) is 31.3 Å². The van der Waals surface area contributed by atoms with Gasteiger partial charge in [0.25, 0.3) is 0 Å². The first-order valence-corrected chi connectivity index (χ1v) is 6.33. The van der Waals surface area contributed by atoms with E-state index in [-0.39, 0.29) is 5.91 Å². The van der Waals surface area contributed by atoms with Crippen LogP contribution in [0, 0.1) is 0 Å². The maximum atomic E-state index is 11.7. The molecule has 102 valence electrons. The Balaban J connectivity index is 1.86. The van der Waals surface area contributed by atoms with E-state index in [0.717, 1.165) is 22.8 Å². The molecule has 0 spiro atoms. The van der Waals surface area contributed by atoms with Gasteiger partial charge in [0.2, 0.25) is 5.91 Å². The number of nitrogens with one attached hydrogen (secondary N) is 2. The van der Waals surface area contributed by atoms with Crippen LogP contribution in [-0.2, 0) is 11.2 Å². The second kappa shape index (κ2) is 4.80. The van der Waals surface area contributed by atoms with Gasteiger partial charge in [-0.1, -0.05) is 0 Å². The summed E-state index contributed by atoms with van der Waals surface area (Å²) in [5.41, 5.74) is 2.91. The topological polar surface area (TPSA) is 70.2 Å². The molecule has 0 radical (unpaired) electrons. The molecule has 1 aromatic heterocycles. The number of hydrogen-bond donors (Lipinski definition) is 2. The third kappa shape index (κ3) is 2.16. The van der Waals surface area contributed by atoms with Crippen molar-refractivity contribution in [3.05, 3.63) is 36.2 Å². The number of rotatable bonds is 3. The average Bonchev–Trinajstić information content (AvgIpc) is 2.74. The van der Waals surface area contributed by atoms with Crippen molar-refractivity contribution in [2.24, 2.45) is 0 Å². The van der Waals surface area contributed by atoms with Crippen molar-refractivity contribution in [1.82, 2.24) is 9.97 Å². The summed E-state index contributed by atoms with van der Waals surface area (Å²) in [6.07, 6.45) is 1.95. The third-order valence-corrected chi connectivity index (χ3v) is 3.35. The van der Waals surface area contributed by atoms with Crippen LogP contribution in [0.5, 0.6) is 0 Å². The van der Waals surface area contributed by atoms with Crippen molar-refractivity contribution in [1.29, 1.82) is 0 Å². The molecule has 0 fully saturated rings. The minimum atomic E-state index is 0.122. The number of anilines is 4. The minimum Gasteiger partial charge on any atom is -0.373 e. The monoisotopic (exact) mass is 269 g/mol. The maximum Gasteiger partial charge on any atom is 0.231 e. The molecule has 2 heterocycles. The zero-order chi connectivity index (χ0) is 14.1. The average molecular weight is 269 g/mol. The Morgan fingerprint density at radius 1 is 1.20 bits per heavy atom. The Bertz CT molecular complexity index is 670. The van der Waals surface area contributed by atoms with Gasteiger partial charge in [-0.3, -0.25) is 4.79 Å². The quantitative estimate of drug-likeness (QED) is 0.888. The van der Waals surface area contributed by atoms with Crippen LogP contribution in [0.25, 0.3) is 0 Å². The summed E-state index contributed by atoms with van der Waals surface area (Å²) in [5, 5.41) is 6.18. The highest BCUT2D eigenvalue weighted by Gasteiger charge is 2.23. The van der Waals surface area contributed by atoms with Crippen LogP contribution in [0.2, 0.25) is 0 Å². The van der Waals surface area contributed by atoms with Crippen molar-refractivity contribution >= 4 is 28.9 Å². The predicted octanol–water partition coefficient (Wildman–Crippen LogP) is 1.78. The SMILES string of the molecule is CNc1cc(Nc2ccc3c(c2)CC(=O)N3C)ncn1. The van der Waals surface area contributed by atoms with Crippen LogP contribution in [-0.4, -0.2) is 30.0 Å². The summed E-state index contributed by atoms with van der Waals surface area (Å²) in [7, 11) is 3.60. The van der Waals surface area contributed by atoms with Crippen LogP contribution in [0.15, 0.2) is 30.6 Å².